The fraction of sp³-hybridized carbons (Fsp3) is 0.188. The second-order valence-electron chi connectivity index (χ2n) is 4.39. The summed E-state index contributed by atoms with van der Waals surface area (Å²) in [6.07, 6.45) is 0. The van der Waals surface area contributed by atoms with Crippen molar-refractivity contribution < 1.29 is 4.74 Å². The number of hydrogen-bond donors (Lipinski definition) is 1. The van der Waals surface area contributed by atoms with Crippen LogP contribution in [0.5, 0.6) is 5.75 Å². The lowest BCUT2D eigenvalue weighted by Crippen LogP contribution is -2.00. The summed E-state index contributed by atoms with van der Waals surface area (Å²) in [4.78, 5) is 0. The molecule has 2 N–H and O–H groups in total. The first-order valence-electron chi connectivity index (χ1n) is 6.14. The van der Waals surface area contributed by atoms with Crippen LogP contribution in [-0.2, 0) is 13.2 Å². The lowest BCUT2D eigenvalue weighted by molar-refractivity contribution is 0.305. The molecule has 0 unspecified atom stereocenters. The Labute approximate surface area is 113 Å². The second kappa shape index (κ2) is 6.03. The van der Waals surface area contributed by atoms with Gasteiger partial charge >= 0.3 is 0 Å². The Morgan fingerprint density at radius 1 is 1.21 bits per heavy atom. The van der Waals surface area contributed by atoms with E-state index >= 15 is 0 Å². The Balaban J connectivity index is 2.08. The second-order valence-corrected chi connectivity index (χ2v) is 4.39. The molecule has 3 heteroatoms. The van der Waals surface area contributed by atoms with Crippen LogP contribution in [0.25, 0.3) is 0 Å². The van der Waals surface area contributed by atoms with E-state index in [9.17, 15) is 0 Å². The molecule has 0 aromatic heterocycles. The van der Waals surface area contributed by atoms with E-state index in [1.807, 2.05) is 49.4 Å². The van der Waals surface area contributed by atoms with E-state index in [0.717, 1.165) is 22.4 Å². The molecule has 2 rings (SSSR count). The monoisotopic (exact) mass is 252 g/mol. The third-order valence-corrected chi connectivity index (χ3v) is 3.00. The molecule has 0 fully saturated rings. The molecule has 0 saturated carbocycles. The molecular formula is C16H16N2O. The van der Waals surface area contributed by atoms with Gasteiger partial charge in [-0.1, -0.05) is 18.2 Å². The van der Waals surface area contributed by atoms with Gasteiger partial charge in [-0.2, -0.15) is 5.26 Å². The van der Waals surface area contributed by atoms with E-state index in [2.05, 4.69) is 6.07 Å². The van der Waals surface area contributed by atoms with Gasteiger partial charge < -0.3 is 10.5 Å². The molecule has 0 radical (unpaired) electrons. The molecular weight excluding hydrogens is 236 g/mol. The fourth-order valence-electron chi connectivity index (χ4n) is 1.85. The van der Waals surface area contributed by atoms with Gasteiger partial charge in [0.25, 0.3) is 0 Å². The van der Waals surface area contributed by atoms with Gasteiger partial charge in [0, 0.05) is 6.54 Å². The largest absolute Gasteiger partial charge is 0.489 e. The van der Waals surface area contributed by atoms with Gasteiger partial charge in [-0.05, 0) is 47.9 Å². The standard InChI is InChI=1S/C16H16N2O/c1-12-7-14(10-18)5-6-15(12)11-19-16-4-2-3-13(8-16)9-17/h2-8H,9,11,17H2,1H3. The summed E-state index contributed by atoms with van der Waals surface area (Å²) in [5.41, 5.74) is 9.46. The number of ether oxygens (including phenoxy) is 1. The van der Waals surface area contributed by atoms with Crippen molar-refractivity contribution in [3.63, 3.8) is 0 Å². The van der Waals surface area contributed by atoms with Crippen LogP contribution >= 0.6 is 0 Å². The van der Waals surface area contributed by atoms with Crippen molar-refractivity contribution >= 4 is 0 Å². The minimum Gasteiger partial charge on any atom is -0.489 e. The molecule has 2 aromatic rings. The third kappa shape index (κ3) is 3.34. The average Bonchev–Trinajstić information content (AvgIpc) is 2.46. The molecule has 3 nitrogen and oxygen atoms in total. The molecule has 0 aliphatic heterocycles. The maximum Gasteiger partial charge on any atom is 0.120 e. The zero-order chi connectivity index (χ0) is 13.7. The summed E-state index contributed by atoms with van der Waals surface area (Å²) < 4.78 is 5.75. The summed E-state index contributed by atoms with van der Waals surface area (Å²) in [5.74, 6) is 0.812. The highest BCUT2D eigenvalue weighted by atomic mass is 16.5. The number of nitriles is 1. The van der Waals surface area contributed by atoms with E-state index in [-0.39, 0.29) is 0 Å². The van der Waals surface area contributed by atoms with Gasteiger partial charge in [-0.15, -0.1) is 0 Å². The number of nitrogens with zero attached hydrogens (tertiary/aromatic N) is 1. The molecule has 0 saturated heterocycles. The van der Waals surface area contributed by atoms with Crippen LogP contribution in [0.15, 0.2) is 42.5 Å². The smallest absolute Gasteiger partial charge is 0.120 e. The lowest BCUT2D eigenvalue weighted by Gasteiger charge is -2.09. The molecule has 0 bridgehead atoms. The van der Waals surface area contributed by atoms with Crippen LogP contribution in [0.4, 0.5) is 0 Å². The van der Waals surface area contributed by atoms with E-state index in [0.29, 0.717) is 18.7 Å². The van der Waals surface area contributed by atoms with Crippen molar-refractivity contribution in [3.8, 4) is 11.8 Å². The highest BCUT2D eigenvalue weighted by Gasteiger charge is 2.02. The molecule has 0 aliphatic carbocycles. The number of benzene rings is 2. The van der Waals surface area contributed by atoms with E-state index in [1.165, 1.54) is 0 Å². The predicted molar refractivity (Wildman–Crippen MR) is 74.6 cm³/mol. The molecule has 19 heavy (non-hydrogen) atoms. The van der Waals surface area contributed by atoms with Gasteiger partial charge in [0.2, 0.25) is 0 Å². The first-order chi connectivity index (χ1) is 9.22. The Morgan fingerprint density at radius 3 is 2.74 bits per heavy atom. The number of aryl methyl sites for hydroxylation is 1. The minimum atomic E-state index is 0.492. The van der Waals surface area contributed by atoms with Crippen molar-refractivity contribution in [3.05, 3.63) is 64.7 Å². The van der Waals surface area contributed by atoms with Gasteiger partial charge in [0.05, 0.1) is 11.6 Å². The van der Waals surface area contributed by atoms with Gasteiger partial charge in [0.1, 0.15) is 12.4 Å². The van der Waals surface area contributed by atoms with Crippen LogP contribution in [0.3, 0.4) is 0 Å². The van der Waals surface area contributed by atoms with E-state index in [4.69, 9.17) is 15.7 Å². The van der Waals surface area contributed by atoms with Crippen molar-refractivity contribution in [1.82, 2.24) is 0 Å². The summed E-state index contributed by atoms with van der Waals surface area (Å²) in [6.45, 7) is 2.98. The number of nitrogens with two attached hydrogens (primary N) is 1. The molecule has 2 aromatic carbocycles. The zero-order valence-electron chi connectivity index (χ0n) is 10.9. The van der Waals surface area contributed by atoms with Gasteiger partial charge in [-0.25, -0.2) is 0 Å². The molecule has 0 aliphatic rings. The van der Waals surface area contributed by atoms with Crippen LogP contribution in [0.1, 0.15) is 22.3 Å². The molecule has 96 valence electrons. The van der Waals surface area contributed by atoms with Gasteiger partial charge in [0.15, 0.2) is 0 Å². The summed E-state index contributed by atoms with van der Waals surface area (Å²) in [7, 11) is 0. The first kappa shape index (κ1) is 13.1. The SMILES string of the molecule is Cc1cc(C#N)ccc1COc1cccc(CN)c1. The molecule has 0 heterocycles. The Bertz CT molecular complexity index is 614. The van der Waals surface area contributed by atoms with Crippen molar-refractivity contribution in [2.75, 3.05) is 0 Å². The molecule has 0 spiro atoms. The number of rotatable bonds is 4. The van der Waals surface area contributed by atoms with Crippen molar-refractivity contribution in [1.29, 1.82) is 5.26 Å². The Morgan fingerprint density at radius 2 is 2.05 bits per heavy atom. The van der Waals surface area contributed by atoms with Crippen molar-refractivity contribution in [2.24, 2.45) is 5.73 Å². The normalized spacial score (nSPS) is 9.95. The fourth-order valence-corrected chi connectivity index (χ4v) is 1.85. The lowest BCUT2D eigenvalue weighted by atomic mass is 10.1. The van der Waals surface area contributed by atoms with Crippen molar-refractivity contribution in [2.45, 2.75) is 20.1 Å². The molecule has 0 atom stereocenters. The number of hydrogen-bond acceptors (Lipinski definition) is 3. The minimum absolute atomic E-state index is 0.492. The van der Waals surface area contributed by atoms with Gasteiger partial charge in [-0.3, -0.25) is 0 Å². The van der Waals surface area contributed by atoms with E-state index in [1.54, 1.807) is 0 Å². The quantitative estimate of drug-likeness (QED) is 0.910. The summed E-state index contributed by atoms with van der Waals surface area (Å²) in [5, 5.41) is 8.83. The maximum absolute atomic E-state index is 8.83. The first-order valence-corrected chi connectivity index (χ1v) is 6.14. The molecule has 0 amide bonds. The highest BCUT2D eigenvalue weighted by molar-refractivity contribution is 5.37. The average molecular weight is 252 g/mol. The van der Waals surface area contributed by atoms with Crippen LogP contribution < -0.4 is 10.5 Å². The van der Waals surface area contributed by atoms with Crippen LogP contribution in [-0.4, -0.2) is 0 Å². The van der Waals surface area contributed by atoms with E-state index < -0.39 is 0 Å². The Hall–Kier alpha value is -2.31. The zero-order valence-corrected chi connectivity index (χ0v) is 10.9. The third-order valence-electron chi connectivity index (χ3n) is 3.00. The highest BCUT2D eigenvalue weighted by Crippen LogP contribution is 2.17. The summed E-state index contributed by atoms with van der Waals surface area (Å²) >= 11 is 0. The maximum atomic E-state index is 8.83. The topological polar surface area (TPSA) is 59.0 Å². The predicted octanol–water partition coefficient (Wildman–Crippen LogP) is 2.90. The Kier molecular flexibility index (Phi) is 4.17. The summed E-state index contributed by atoms with van der Waals surface area (Å²) in [6, 6.07) is 15.5. The van der Waals surface area contributed by atoms with Crippen LogP contribution in [0.2, 0.25) is 0 Å². The van der Waals surface area contributed by atoms with Crippen LogP contribution in [0, 0.1) is 18.3 Å².